The van der Waals surface area contributed by atoms with Crippen LogP contribution in [-0.2, 0) is 10.5 Å². The number of rotatable bonds is 6. The quantitative estimate of drug-likeness (QED) is 0.651. The molecule has 1 amide bonds. The summed E-state index contributed by atoms with van der Waals surface area (Å²) in [5, 5.41) is 4.59. The Morgan fingerprint density at radius 1 is 1.14 bits per heavy atom. The number of benzene rings is 2. The molecule has 0 bridgehead atoms. The van der Waals surface area contributed by atoms with E-state index < -0.39 is 0 Å². The first-order valence-electron chi connectivity index (χ1n) is 6.43. The summed E-state index contributed by atoms with van der Waals surface area (Å²) in [7, 11) is 0. The first-order chi connectivity index (χ1) is 10.2. The number of nitrogens with one attached hydrogen (secondary N) is 1. The molecule has 21 heavy (non-hydrogen) atoms. The molecular weight excluding hydrogens is 304 g/mol. The molecule has 0 heterocycles. The molecule has 2 aromatic carbocycles. The smallest absolute Gasteiger partial charge is 0.250 e. The zero-order valence-electron chi connectivity index (χ0n) is 11.3. The monoisotopic (exact) mass is 318 g/mol. The molecule has 0 radical (unpaired) electrons. The van der Waals surface area contributed by atoms with Gasteiger partial charge in [0, 0.05) is 10.8 Å². The zero-order chi connectivity index (χ0) is 14.9. The van der Waals surface area contributed by atoms with Crippen molar-refractivity contribution in [2.45, 2.75) is 5.75 Å². The number of hydrazone groups is 1. The average Bonchev–Trinajstić information content (AvgIpc) is 2.50. The summed E-state index contributed by atoms with van der Waals surface area (Å²) in [6, 6.07) is 17.3. The van der Waals surface area contributed by atoms with Crippen LogP contribution in [-0.4, -0.2) is 17.9 Å². The highest BCUT2D eigenvalue weighted by molar-refractivity contribution is 7.99. The standard InChI is InChI=1S/C16H15ClN2OS/c17-15-8-6-13(7-9-15)10-18-19-16(20)12-21-11-14-4-2-1-3-5-14/h1-10H,11-12H2,(H,19,20)/b18-10-. The van der Waals surface area contributed by atoms with Gasteiger partial charge in [0.05, 0.1) is 12.0 Å². The lowest BCUT2D eigenvalue weighted by atomic mass is 10.2. The maximum Gasteiger partial charge on any atom is 0.250 e. The molecule has 0 aliphatic carbocycles. The number of nitrogens with zero attached hydrogens (tertiary/aromatic N) is 1. The SMILES string of the molecule is O=C(CSCc1ccccc1)N/N=C\c1ccc(Cl)cc1. The Morgan fingerprint density at radius 3 is 2.57 bits per heavy atom. The second-order valence-electron chi connectivity index (χ2n) is 4.32. The molecular formula is C16H15ClN2OS. The van der Waals surface area contributed by atoms with Crippen LogP contribution in [0.5, 0.6) is 0 Å². The summed E-state index contributed by atoms with van der Waals surface area (Å²) in [6.45, 7) is 0. The number of amides is 1. The lowest BCUT2D eigenvalue weighted by molar-refractivity contribution is -0.118. The van der Waals surface area contributed by atoms with Gasteiger partial charge in [0.15, 0.2) is 0 Å². The third-order valence-electron chi connectivity index (χ3n) is 2.62. The van der Waals surface area contributed by atoms with Crippen molar-refractivity contribution >= 4 is 35.5 Å². The molecule has 2 aromatic rings. The first kappa shape index (κ1) is 15.6. The number of carbonyl (C=O) groups excluding carboxylic acids is 1. The molecule has 0 atom stereocenters. The van der Waals surface area contributed by atoms with Crippen LogP contribution < -0.4 is 5.43 Å². The van der Waals surface area contributed by atoms with Crippen LogP contribution in [0, 0.1) is 0 Å². The first-order valence-corrected chi connectivity index (χ1v) is 7.96. The molecule has 108 valence electrons. The molecule has 0 aliphatic heterocycles. The molecule has 0 fully saturated rings. The van der Waals surface area contributed by atoms with E-state index in [1.807, 2.05) is 42.5 Å². The molecule has 0 saturated carbocycles. The highest BCUT2D eigenvalue weighted by Crippen LogP contribution is 2.11. The summed E-state index contributed by atoms with van der Waals surface area (Å²) in [4.78, 5) is 11.6. The van der Waals surface area contributed by atoms with Crippen molar-refractivity contribution in [2.24, 2.45) is 5.10 Å². The predicted molar refractivity (Wildman–Crippen MR) is 89.8 cm³/mol. The Bertz CT molecular complexity index is 599. The molecule has 0 saturated heterocycles. The van der Waals surface area contributed by atoms with Crippen molar-refractivity contribution in [2.75, 3.05) is 5.75 Å². The van der Waals surface area contributed by atoms with Crippen molar-refractivity contribution in [3.63, 3.8) is 0 Å². The number of thioether (sulfide) groups is 1. The van der Waals surface area contributed by atoms with Gasteiger partial charge in [0.25, 0.3) is 0 Å². The van der Waals surface area contributed by atoms with Crippen molar-refractivity contribution < 1.29 is 4.79 Å². The van der Waals surface area contributed by atoms with E-state index in [0.29, 0.717) is 10.8 Å². The van der Waals surface area contributed by atoms with Crippen LogP contribution in [0.4, 0.5) is 0 Å². The van der Waals surface area contributed by atoms with Crippen LogP contribution in [0.2, 0.25) is 5.02 Å². The van der Waals surface area contributed by atoms with Crippen molar-refractivity contribution in [1.29, 1.82) is 0 Å². The summed E-state index contributed by atoms with van der Waals surface area (Å²) in [5.74, 6) is 1.09. The van der Waals surface area contributed by atoms with Gasteiger partial charge in [-0.15, -0.1) is 11.8 Å². The van der Waals surface area contributed by atoms with Crippen LogP contribution in [0.1, 0.15) is 11.1 Å². The Morgan fingerprint density at radius 2 is 1.86 bits per heavy atom. The van der Waals surface area contributed by atoms with Gasteiger partial charge < -0.3 is 0 Å². The topological polar surface area (TPSA) is 41.5 Å². The average molecular weight is 319 g/mol. The summed E-state index contributed by atoms with van der Waals surface area (Å²) in [6.07, 6.45) is 1.59. The molecule has 2 rings (SSSR count). The lowest BCUT2D eigenvalue weighted by Gasteiger charge is -2.01. The summed E-state index contributed by atoms with van der Waals surface area (Å²) >= 11 is 7.35. The number of halogens is 1. The Hall–Kier alpha value is -1.78. The lowest BCUT2D eigenvalue weighted by Crippen LogP contribution is -2.19. The molecule has 0 unspecified atom stereocenters. The molecule has 0 spiro atoms. The van der Waals surface area contributed by atoms with Crippen LogP contribution >= 0.6 is 23.4 Å². The van der Waals surface area contributed by atoms with E-state index in [1.54, 1.807) is 30.1 Å². The third-order valence-corrected chi connectivity index (χ3v) is 3.87. The second kappa shape index (κ2) is 8.49. The fourth-order valence-electron chi connectivity index (χ4n) is 1.60. The maximum atomic E-state index is 11.6. The van der Waals surface area contributed by atoms with E-state index in [1.165, 1.54) is 5.56 Å². The predicted octanol–water partition coefficient (Wildman–Crippen LogP) is 3.72. The van der Waals surface area contributed by atoms with Gasteiger partial charge in [-0.25, -0.2) is 5.43 Å². The van der Waals surface area contributed by atoms with Gasteiger partial charge in [-0.2, -0.15) is 5.10 Å². The molecule has 3 nitrogen and oxygen atoms in total. The Kier molecular flexibility index (Phi) is 6.31. The minimum Gasteiger partial charge on any atom is -0.272 e. The normalized spacial score (nSPS) is 10.7. The van der Waals surface area contributed by atoms with E-state index in [-0.39, 0.29) is 5.91 Å². The van der Waals surface area contributed by atoms with E-state index >= 15 is 0 Å². The van der Waals surface area contributed by atoms with Gasteiger partial charge >= 0.3 is 0 Å². The van der Waals surface area contributed by atoms with Crippen molar-refractivity contribution in [1.82, 2.24) is 5.43 Å². The number of carbonyl (C=O) groups is 1. The maximum absolute atomic E-state index is 11.6. The van der Waals surface area contributed by atoms with E-state index in [0.717, 1.165) is 11.3 Å². The largest absolute Gasteiger partial charge is 0.272 e. The Balaban J connectivity index is 1.69. The van der Waals surface area contributed by atoms with E-state index in [4.69, 9.17) is 11.6 Å². The highest BCUT2D eigenvalue weighted by Gasteiger charge is 2.00. The van der Waals surface area contributed by atoms with Gasteiger partial charge in [0.1, 0.15) is 0 Å². The molecule has 1 N–H and O–H groups in total. The second-order valence-corrected chi connectivity index (χ2v) is 5.75. The fraction of sp³-hybridized carbons (Fsp3) is 0.125. The van der Waals surface area contributed by atoms with Crippen LogP contribution in [0.3, 0.4) is 0 Å². The summed E-state index contributed by atoms with van der Waals surface area (Å²) < 4.78 is 0. The molecule has 5 heteroatoms. The highest BCUT2D eigenvalue weighted by atomic mass is 35.5. The minimum atomic E-state index is -0.110. The van der Waals surface area contributed by atoms with E-state index in [9.17, 15) is 4.79 Å². The number of hydrogen-bond acceptors (Lipinski definition) is 3. The zero-order valence-corrected chi connectivity index (χ0v) is 12.9. The minimum absolute atomic E-state index is 0.110. The van der Waals surface area contributed by atoms with Crippen LogP contribution in [0.25, 0.3) is 0 Å². The number of hydrogen-bond donors (Lipinski definition) is 1. The van der Waals surface area contributed by atoms with Gasteiger partial charge in [0.2, 0.25) is 5.91 Å². The van der Waals surface area contributed by atoms with Crippen molar-refractivity contribution in [3.05, 3.63) is 70.7 Å². The fourth-order valence-corrected chi connectivity index (χ4v) is 2.50. The third kappa shape index (κ3) is 6.02. The molecule has 0 aromatic heterocycles. The molecule has 0 aliphatic rings. The van der Waals surface area contributed by atoms with Gasteiger partial charge in [-0.1, -0.05) is 54.1 Å². The van der Waals surface area contributed by atoms with Crippen molar-refractivity contribution in [3.8, 4) is 0 Å². The van der Waals surface area contributed by atoms with Gasteiger partial charge in [-0.3, -0.25) is 4.79 Å². The van der Waals surface area contributed by atoms with Gasteiger partial charge in [-0.05, 0) is 23.3 Å². The van der Waals surface area contributed by atoms with E-state index in [2.05, 4.69) is 10.5 Å². The Labute approximate surface area is 133 Å². The summed E-state index contributed by atoms with van der Waals surface area (Å²) in [5.41, 5.74) is 4.60. The van der Waals surface area contributed by atoms with Crippen LogP contribution in [0.15, 0.2) is 59.7 Å².